The fourth-order valence-corrected chi connectivity index (χ4v) is 1.99. The van der Waals surface area contributed by atoms with Gasteiger partial charge in [-0.3, -0.25) is 0 Å². The van der Waals surface area contributed by atoms with E-state index in [1.54, 1.807) is 0 Å². The number of rotatable bonds is 0. The molecule has 1 aliphatic carbocycles. The molecule has 0 saturated heterocycles. The Labute approximate surface area is 107 Å². The molecule has 88 valence electrons. The van der Waals surface area contributed by atoms with Gasteiger partial charge in [0.1, 0.15) is 0 Å². The predicted octanol–water partition coefficient (Wildman–Crippen LogP) is 3.18. The van der Waals surface area contributed by atoms with E-state index < -0.39 is 0 Å². The molecule has 2 heteroatoms. The van der Waals surface area contributed by atoms with Crippen LogP contribution in [-0.4, -0.2) is 5.11 Å². The van der Waals surface area contributed by atoms with Crippen molar-refractivity contribution in [1.29, 1.82) is 0 Å². The summed E-state index contributed by atoms with van der Waals surface area (Å²) in [6, 6.07) is 16.2. The SMILES string of the molecule is OC1CCCc2cc[cH-]c21.[Fe].c1cc[cH-]c1. The number of aryl methyl sites for hydroxylation is 1. The summed E-state index contributed by atoms with van der Waals surface area (Å²) in [6.07, 6.45) is 3.05. The first-order valence-corrected chi connectivity index (χ1v) is 5.47. The van der Waals surface area contributed by atoms with E-state index in [2.05, 4.69) is 6.07 Å². The first-order chi connectivity index (χ1) is 7.38. The Hall–Kier alpha value is -0.821. The van der Waals surface area contributed by atoms with Gasteiger partial charge in [0, 0.05) is 17.1 Å². The normalized spacial score (nSPS) is 17.7. The number of fused-ring (bicyclic) bond motifs is 1. The maximum atomic E-state index is 9.45. The van der Waals surface area contributed by atoms with Crippen molar-refractivity contribution >= 4 is 0 Å². The summed E-state index contributed by atoms with van der Waals surface area (Å²) in [6.45, 7) is 0. The van der Waals surface area contributed by atoms with E-state index in [1.807, 2.05) is 42.5 Å². The molecule has 0 amide bonds. The predicted molar refractivity (Wildman–Crippen MR) is 62.0 cm³/mol. The van der Waals surface area contributed by atoms with Gasteiger partial charge in [-0.25, -0.2) is 18.2 Å². The van der Waals surface area contributed by atoms with Crippen molar-refractivity contribution in [3.63, 3.8) is 0 Å². The summed E-state index contributed by atoms with van der Waals surface area (Å²) in [5, 5.41) is 9.45. The second-order valence-corrected chi connectivity index (χ2v) is 3.88. The van der Waals surface area contributed by atoms with E-state index in [0.717, 1.165) is 24.8 Å². The van der Waals surface area contributed by atoms with E-state index >= 15 is 0 Å². The molecule has 1 unspecified atom stereocenters. The van der Waals surface area contributed by atoms with E-state index in [-0.39, 0.29) is 23.2 Å². The molecule has 0 radical (unpaired) electrons. The standard InChI is InChI=1S/C9H11O.C5H5.Fe/c10-9-6-2-4-7-3-1-5-8(7)9;1-2-4-5-3-1;/h1,3,5,9-10H,2,4,6H2;1-5H;/q2*-1;. The fraction of sp³-hybridized carbons (Fsp3) is 0.286. The minimum Gasteiger partial charge on any atom is -0.391 e. The van der Waals surface area contributed by atoms with Crippen molar-refractivity contribution < 1.29 is 22.2 Å². The Morgan fingerprint density at radius 1 is 1.19 bits per heavy atom. The van der Waals surface area contributed by atoms with Crippen LogP contribution in [0.15, 0.2) is 48.5 Å². The zero-order valence-electron chi connectivity index (χ0n) is 9.12. The Balaban J connectivity index is 0.000000183. The summed E-state index contributed by atoms with van der Waals surface area (Å²) in [4.78, 5) is 0. The maximum absolute atomic E-state index is 9.45. The Morgan fingerprint density at radius 2 is 1.94 bits per heavy atom. The molecule has 2 aromatic carbocycles. The van der Waals surface area contributed by atoms with Crippen molar-refractivity contribution in [2.75, 3.05) is 0 Å². The van der Waals surface area contributed by atoms with Crippen LogP contribution in [0.1, 0.15) is 30.1 Å². The third-order valence-electron chi connectivity index (χ3n) is 2.78. The van der Waals surface area contributed by atoms with Crippen LogP contribution >= 0.6 is 0 Å². The third-order valence-corrected chi connectivity index (χ3v) is 2.78. The molecule has 1 aliphatic rings. The summed E-state index contributed by atoms with van der Waals surface area (Å²) >= 11 is 0. The van der Waals surface area contributed by atoms with Crippen molar-refractivity contribution in [1.82, 2.24) is 0 Å². The maximum Gasteiger partial charge on any atom is 0.0564 e. The van der Waals surface area contributed by atoms with Gasteiger partial charge in [-0.15, -0.1) is 5.56 Å². The van der Waals surface area contributed by atoms with Crippen molar-refractivity contribution in [2.24, 2.45) is 0 Å². The van der Waals surface area contributed by atoms with Crippen molar-refractivity contribution in [2.45, 2.75) is 25.4 Å². The van der Waals surface area contributed by atoms with Crippen LogP contribution in [0.4, 0.5) is 0 Å². The largest absolute Gasteiger partial charge is 0.391 e. The number of aliphatic hydroxyl groups is 1. The molecule has 0 aliphatic heterocycles. The van der Waals surface area contributed by atoms with Gasteiger partial charge in [0.25, 0.3) is 0 Å². The summed E-state index contributed by atoms with van der Waals surface area (Å²) in [5.74, 6) is 0. The van der Waals surface area contributed by atoms with E-state index in [0.29, 0.717) is 0 Å². The Kier molecular flexibility index (Phi) is 5.54. The molecular formula is C14H16FeO-2. The number of hydrogen-bond donors (Lipinski definition) is 1. The Bertz CT molecular complexity index is 358. The quantitative estimate of drug-likeness (QED) is 0.567. The smallest absolute Gasteiger partial charge is 0.0564 e. The monoisotopic (exact) mass is 256 g/mol. The van der Waals surface area contributed by atoms with Crippen LogP contribution in [-0.2, 0) is 23.5 Å². The van der Waals surface area contributed by atoms with Gasteiger partial charge in [-0.2, -0.15) is 35.9 Å². The molecule has 0 bridgehead atoms. The molecular weight excluding hydrogens is 240 g/mol. The minimum absolute atomic E-state index is 0. The van der Waals surface area contributed by atoms with Crippen LogP contribution < -0.4 is 0 Å². The van der Waals surface area contributed by atoms with Gasteiger partial charge in [-0.1, -0.05) is 12.8 Å². The van der Waals surface area contributed by atoms with Crippen LogP contribution in [0.5, 0.6) is 0 Å². The van der Waals surface area contributed by atoms with Gasteiger partial charge >= 0.3 is 0 Å². The molecule has 0 aromatic heterocycles. The molecule has 1 nitrogen and oxygen atoms in total. The van der Waals surface area contributed by atoms with Crippen LogP contribution in [0.3, 0.4) is 0 Å². The van der Waals surface area contributed by atoms with Gasteiger partial charge in [0.15, 0.2) is 0 Å². The molecule has 2 aromatic rings. The zero-order chi connectivity index (χ0) is 10.5. The van der Waals surface area contributed by atoms with Gasteiger partial charge < -0.3 is 5.11 Å². The first-order valence-electron chi connectivity index (χ1n) is 5.47. The molecule has 0 spiro atoms. The first kappa shape index (κ1) is 13.2. The van der Waals surface area contributed by atoms with Crippen molar-refractivity contribution in [3.05, 3.63) is 59.7 Å². The molecule has 1 atom stereocenters. The minimum atomic E-state index is -0.182. The van der Waals surface area contributed by atoms with Gasteiger partial charge in [-0.05, 0) is 6.42 Å². The zero-order valence-corrected chi connectivity index (χ0v) is 10.2. The molecule has 16 heavy (non-hydrogen) atoms. The van der Waals surface area contributed by atoms with Crippen LogP contribution in [0, 0.1) is 0 Å². The molecule has 3 rings (SSSR count). The third kappa shape index (κ3) is 3.34. The van der Waals surface area contributed by atoms with Crippen LogP contribution in [0.25, 0.3) is 0 Å². The second kappa shape index (κ2) is 6.70. The number of hydrogen-bond acceptors (Lipinski definition) is 1. The van der Waals surface area contributed by atoms with E-state index in [4.69, 9.17) is 0 Å². The summed E-state index contributed by atoms with van der Waals surface area (Å²) < 4.78 is 0. The van der Waals surface area contributed by atoms with Crippen molar-refractivity contribution in [3.8, 4) is 0 Å². The van der Waals surface area contributed by atoms with Crippen LogP contribution in [0.2, 0.25) is 0 Å². The van der Waals surface area contributed by atoms with E-state index in [9.17, 15) is 5.11 Å². The fourth-order valence-electron chi connectivity index (χ4n) is 1.99. The molecule has 0 heterocycles. The summed E-state index contributed by atoms with van der Waals surface area (Å²) in [7, 11) is 0. The average molecular weight is 256 g/mol. The molecule has 1 N–H and O–H groups in total. The van der Waals surface area contributed by atoms with Gasteiger partial charge in [0.2, 0.25) is 0 Å². The summed E-state index contributed by atoms with van der Waals surface area (Å²) in [5.41, 5.74) is 2.50. The average Bonchev–Trinajstić information content (AvgIpc) is 2.93. The topological polar surface area (TPSA) is 20.2 Å². The molecule has 0 saturated carbocycles. The van der Waals surface area contributed by atoms with Gasteiger partial charge in [0.05, 0.1) is 6.10 Å². The Morgan fingerprint density at radius 3 is 2.50 bits per heavy atom. The molecule has 0 fully saturated rings. The second-order valence-electron chi connectivity index (χ2n) is 3.88. The number of aliphatic hydroxyl groups excluding tert-OH is 1. The van der Waals surface area contributed by atoms with E-state index in [1.165, 1.54) is 5.56 Å².